The van der Waals surface area contributed by atoms with Crippen LogP contribution in [-0.2, 0) is 0 Å². The normalized spacial score (nSPS) is 13.2. The standard InChI is InChI=1S/C54H33B2NO3S/c1-4-16-34(17-5-1)39-22-10-11-23-40(39)35-28-48-53-49(29-35)59-46-33-47-44(32-43(46)55(53)41-24-12-14-26-45(41)58-48)56-42-25-13-15-27-51(42)61-52-31-38(30-50(60-47)54(52)56)57(36-18-6-2-7-19-36)37-20-8-3-9-21-37/h1-33H. The summed E-state index contributed by atoms with van der Waals surface area (Å²) < 4.78 is 21.0. The molecule has 0 aliphatic carbocycles. The summed E-state index contributed by atoms with van der Waals surface area (Å²) in [6, 6.07) is 71.0. The number of anilines is 3. The number of hydrogen-bond acceptors (Lipinski definition) is 5. The van der Waals surface area contributed by atoms with Crippen molar-refractivity contribution in [3.8, 4) is 56.8 Å². The van der Waals surface area contributed by atoms with Crippen molar-refractivity contribution in [1.82, 2.24) is 0 Å². The minimum absolute atomic E-state index is 0.0275. The van der Waals surface area contributed by atoms with Crippen LogP contribution >= 0.6 is 11.8 Å². The van der Waals surface area contributed by atoms with E-state index in [1.165, 1.54) is 20.7 Å². The van der Waals surface area contributed by atoms with Crippen LogP contribution < -0.4 is 51.9 Å². The lowest BCUT2D eigenvalue weighted by Gasteiger charge is -2.37. The Labute approximate surface area is 359 Å². The van der Waals surface area contributed by atoms with E-state index in [1.54, 1.807) is 0 Å². The minimum atomic E-state index is -0.0934. The first-order chi connectivity index (χ1) is 30.2. The molecule has 0 N–H and O–H groups in total. The van der Waals surface area contributed by atoms with E-state index in [1.807, 2.05) is 11.8 Å². The van der Waals surface area contributed by atoms with Gasteiger partial charge in [-0.3, -0.25) is 0 Å². The van der Waals surface area contributed by atoms with Gasteiger partial charge in [0.1, 0.15) is 34.5 Å². The second kappa shape index (κ2) is 13.6. The minimum Gasteiger partial charge on any atom is -0.458 e. The van der Waals surface area contributed by atoms with Crippen LogP contribution in [0.1, 0.15) is 0 Å². The summed E-state index contributed by atoms with van der Waals surface area (Å²) >= 11 is 1.82. The Hall–Kier alpha value is -7.34. The largest absolute Gasteiger partial charge is 0.458 e. The molecule has 0 amide bonds. The van der Waals surface area contributed by atoms with Gasteiger partial charge in [-0.05, 0) is 98.7 Å². The average molecular weight is 798 g/mol. The van der Waals surface area contributed by atoms with Crippen molar-refractivity contribution in [2.24, 2.45) is 0 Å². The molecule has 0 aromatic heterocycles. The molecule has 7 heteroatoms. The Morgan fingerprint density at radius 1 is 0.328 bits per heavy atom. The molecule has 0 saturated heterocycles. The maximum Gasteiger partial charge on any atom is 0.260 e. The van der Waals surface area contributed by atoms with Crippen molar-refractivity contribution in [2.75, 3.05) is 4.90 Å². The van der Waals surface area contributed by atoms with E-state index >= 15 is 0 Å². The van der Waals surface area contributed by atoms with Crippen molar-refractivity contribution >= 4 is 75.0 Å². The number of benzene rings is 9. The lowest BCUT2D eigenvalue weighted by molar-refractivity contribution is 0.456. The highest BCUT2D eigenvalue weighted by molar-refractivity contribution is 8.00. The van der Waals surface area contributed by atoms with E-state index in [0.29, 0.717) is 0 Å². The van der Waals surface area contributed by atoms with Gasteiger partial charge < -0.3 is 19.1 Å². The fourth-order valence-corrected chi connectivity index (χ4v) is 11.1. The molecule has 284 valence electrons. The number of nitrogens with zero attached hydrogens (tertiary/aromatic N) is 1. The van der Waals surface area contributed by atoms with E-state index in [4.69, 9.17) is 14.2 Å². The number of fused-ring (bicyclic) bond motifs is 8. The fraction of sp³-hybridized carbons (Fsp3) is 0. The van der Waals surface area contributed by atoms with E-state index in [-0.39, 0.29) is 13.4 Å². The Bertz CT molecular complexity index is 3190. The van der Waals surface area contributed by atoms with Gasteiger partial charge >= 0.3 is 0 Å². The zero-order valence-corrected chi connectivity index (χ0v) is 33.6. The zero-order valence-electron chi connectivity index (χ0n) is 32.8. The molecule has 0 unspecified atom stereocenters. The second-order valence-electron chi connectivity index (χ2n) is 15.9. The Kier molecular flexibility index (Phi) is 7.69. The van der Waals surface area contributed by atoms with Crippen molar-refractivity contribution in [1.29, 1.82) is 0 Å². The highest BCUT2D eigenvalue weighted by Gasteiger charge is 2.45. The van der Waals surface area contributed by atoms with Crippen LogP contribution in [0.15, 0.2) is 210 Å². The summed E-state index contributed by atoms with van der Waals surface area (Å²) in [5.74, 6) is 4.94. The Morgan fingerprint density at radius 2 is 0.852 bits per heavy atom. The molecule has 61 heavy (non-hydrogen) atoms. The molecule has 0 atom stereocenters. The van der Waals surface area contributed by atoms with Gasteiger partial charge in [-0.2, -0.15) is 0 Å². The van der Waals surface area contributed by atoms with Gasteiger partial charge in [-0.25, -0.2) is 0 Å². The molecule has 9 aromatic carbocycles. The lowest BCUT2D eigenvalue weighted by Crippen LogP contribution is -2.61. The highest BCUT2D eigenvalue weighted by atomic mass is 32.2. The van der Waals surface area contributed by atoms with E-state index in [0.717, 1.165) is 95.7 Å². The van der Waals surface area contributed by atoms with Crippen LogP contribution in [-0.4, -0.2) is 13.4 Å². The summed E-state index contributed by atoms with van der Waals surface area (Å²) in [5, 5.41) is 0. The van der Waals surface area contributed by atoms with Crippen molar-refractivity contribution in [2.45, 2.75) is 9.79 Å². The second-order valence-corrected chi connectivity index (χ2v) is 17.0. The van der Waals surface area contributed by atoms with Crippen molar-refractivity contribution in [3.05, 3.63) is 200 Å². The molecule has 4 nitrogen and oxygen atoms in total. The first-order valence-corrected chi connectivity index (χ1v) is 21.5. The monoisotopic (exact) mass is 797 g/mol. The number of hydrogen-bond donors (Lipinski definition) is 0. The van der Waals surface area contributed by atoms with Crippen LogP contribution in [0.25, 0.3) is 22.3 Å². The van der Waals surface area contributed by atoms with Gasteiger partial charge in [0.05, 0.1) is 5.69 Å². The zero-order chi connectivity index (χ0) is 40.0. The summed E-state index contributed by atoms with van der Waals surface area (Å²) in [6.45, 7) is -0.121. The molecule has 4 aliphatic rings. The van der Waals surface area contributed by atoms with Gasteiger partial charge in [-0.15, -0.1) is 0 Å². The van der Waals surface area contributed by atoms with Gasteiger partial charge in [0.15, 0.2) is 0 Å². The summed E-state index contributed by atoms with van der Waals surface area (Å²) in [4.78, 5) is 4.76. The van der Waals surface area contributed by atoms with Crippen molar-refractivity contribution in [3.63, 3.8) is 0 Å². The first kappa shape index (κ1) is 34.5. The van der Waals surface area contributed by atoms with Crippen LogP contribution in [0.5, 0.6) is 34.5 Å². The quantitative estimate of drug-likeness (QED) is 0.162. The van der Waals surface area contributed by atoms with Crippen molar-refractivity contribution < 1.29 is 14.2 Å². The number of ether oxygens (including phenoxy) is 3. The molecule has 4 aliphatic heterocycles. The lowest BCUT2D eigenvalue weighted by atomic mass is 9.32. The maximum absolute atomic E-state index is 7.15. The predicted octanol–water partition coefficient (Wildman–Crippen LogP) is 10.3. The molecule has 0 radical (unpaired) electrons. The number of para-hydroxylation sites is 3. The molecular formula is C54H33B2NO3S. The third kappa shape index (κ3) is 5.44. The van der Waals surface area contributed by atoms with Gasteiger partial charge in [-0.1, -0.05) is 151 Å². The van der Waals surface area contributed by atoms with E-state index in [9.17, 15) is 0 Å². The molecule has 0 bridgehead atoms. The maximum atomic E-state index is 7.15. The Morgan fingerprint density at radius 3 is 1.54 bits per heavy atom. The molecule has 0 saturated carbocycles. The third-order valence-electron chi connectivity index (χ3n) is 12.5. The highest BCUT2D eigenvalue weighted by Crippen LogP contribution is 2.45. The van der Waals surface area contributed by atoms with Crippen LogP contribution in [0.3, 0.4) is 0 Å². The fourth-order valence-electron chi connectivity index (χ4n) is 9.86. The van der Waals surface area contributed by atoms with Crippen LogP contribution in [0.4, 0.5) is 17.1 Å². The van der Waals surface area contributed by atoms with E-state index < -0.39 is 0 Å². The third-order valence-corrected chi connectivity index (χ3v) is 13.6. The molecular weight excluding hydrogens is 764 g/mol. The van der Waals surface area contributed by atoms with Crippen LogP contribution in [0, 0.1) is 0 Å². The summed E-state index contributed by atoms with van der Waals surface area (Å²) in [7, 11) is 0. The number of rotatable bonds is 5. The van der Waals surface area contributed by atoms with Gasteiger partial charge in [0.2, 0.25) is 0 Å². The Balaban J connectivity index is 0.996. The van der Waals surface area contributed by atoms with Crippen LogP contribution in [0.2, 0.25) is 0 Å². The van der Waals surface area contributed by atoms with Gasteiger partial charge in [0.25, 0.3) is 13.4 Å². The molecule has 0 fully saturated rings. The first-order valence-electron chi connectivity index (χ1n) is 20.7. The molecule has 9 aromatic rings. The summed E-state index contributed by atoms with van der Waals surface area (Å²) in [6.07, 6.45) is 0. The molecule has 13 rings (SSSR count). The summed E-state index contributed by atoms with van der Waals surface area (Å²) in [5.41, 5.74) is 14.6. The topological polar surface area (TPSA) is 30.9 Å². The smallest absolute Gasteiger partial charge is 0.260 e. The SMILES string of the molecule is c1ccc(-c2ccccc2-c2cc3c4c(c2)Oc2cc5c(cc2B4c2ccccc2O3)B2c3ccccc3Sc3cc(N(c4ccccc4)c4ccccc4)cc(c32)O5)cc1. The molecule has 0 spiro atoms. The van der Waals surface area contributed by atoms with E-state index in [2.05, 4.69) is 205 Å². The van der Waals surface area contributed by atoms with Gasteiger partial charge in [0, 0.05) is 38.8 Å². The predicted molar refractivity (Wildman–Crippen MR) is 251 cm³/mol. The molecule has 4 heterocycles. The average Bonchev–Trinajstić information content (AvgIpc) is 3.31.